The first kappa shape index (κ1) is 26.1. The number of ether oxygens (including phenoxy) is 2. The zero-order valence-electron chi connectivity index (χ0n) is 20.2. The van der Waals surface area contributed by atoms with Gasteiger partial charge in [-0.3, -0.25) is 4.98 Å². The van der Waals surface area contributed by atoms with Crippen LogP contribution in [-0.4, -0.2) is 21.7 Å². The number of carboxylic acid groups (broad SMARTS) is 1. The van der Waals surface area contributed by atoms with Gasteiger partial charge in [-0.1, -0.05) is 25.1 Å². The fraction of sp³-hybridized carbons (Fsp3) is 0.333. The SMILES string of the molecule is CCC(Oc1ccc(OC(C)(C)C(=O)O)c(C)c1)c1ccc(-c2ccc(C(F)(F)F)cc2)nc1C. The Labute approximate surface area is 202 Å². The lowest BCUT2D eigenvalue weighted by molar-refractivity contribution is -0.152. The average Bonchev–Trinajstić information content (AvgIpc) is 2.78. The highest BCUT2D eigenvalue weighted by Gasteiger charge is 2.31. The van der Waals surface area contributed by atoms with Gasteiger partial charge in [-0.05, 0) is 76.1 Å². The van der Waals surface area contributed by atoms with Crippen molar-refractivity contribution in [2.45, 2.75) is 58.9 Å². The first-order valence-corrected chi connectivity index (χ1v) is 11.2. The first-order chi connectivity index (χ1) is 16.3. The Morgan fingerprint density at radius 1 is 1.03 bits per heavy atom. The number of carboxylic acids is 1. The van der Waals surface area contributed by atoms with Crippen LogP contribution in [0.3, 0.4) is 0 Å². The van der Waals surface area contributed by atoms with Crippen LogP contribution < -0.4 is 9.47 Å². The number of hydrogen-bond acceptors (Lipinski definition) is 4. The maximum atomic E-state index is 12.8. The van der Waals surface area contributed by atoms with Gasteiger partial charge in [0, 0.05) is 16.8 Å². The van der Waals surface area contributed by atoms with E-state index in [0.717, 1.165) is 23.3 Å². The first-order valence-electron chi connectivity index (χ1n) is 11.2. The molecule has 0 spiro atoms. The lowest BCUT2D eigenvalue weighted by Gasteiger charge is -2.24. The number of rotatable bonds is 8. The summed E-state index contributed by atoms with van der Waals surface area (Å²) in [5.41, 5.74) is 1.43. The number of aliphatic carboxylic acids is 1. The molecular formula is C27H28F3NO4. The predicted molar refractivity (Wildman–Crippen MR) is 127 cm³/mol. The molecule has 3 aromatic rings. The van der Waals surface area contributed by atoms with E-state index >= 15 is 0 Å². The summed E-state index contributed by atoms with van der Waals surface area (Å²) >= 11 is 0. The van der Waals surface area contributed by atoms with Crippen molar-refractivity contribution < 1.29 is 32.5 Å². The van der Waals surface area contributed by atoms with Crippen LogP contribution in [0.1, 0.15) is 55.7 Å². The van der Waals surface area contributed by atoms with Crippen molar-refractivity contribution in [1.29, 1.82) is 0 Å². The average molecular weight is 488 g/mol. The molecule has 0 saturated carbocycles. The van der Waals surface area contributed by atoms with Crippen molar-refractivity contribution >= 4 is 5.97 Å². The third kappa shape index (κ3) is 6.12. The van der Waals surface area contributed by atoms with Crippen LogP contribution in [-0.2, 0) is 11.0 Å². The molecule has 1 N–H and O–H groups in total. The van der Waals surface area contributed by atoms with E-state index in [1.807, 2.05) is 26.8 Å². The van der Waals surface area contributed by atoms with E-state index in [0.29, 0.717) is 34.9 Å². The smallest absolute Gasteiger partial charge is 0.416 e. The van der Waals surface area contributed by atoms with Gasteiger partial charge in [-0.25, -0.2) is 4.79 Å². The summed E-state index contributed by atoms with van der Waals surface area (Å²) in [6.07, 6.45) is -4.02. The van der Waals surface area contributed by atoms with E-state index in [-0.39, 0.29) is 6.10 Å². The maximum Gasteiger partial charge on any atom is 0.416 e. The Morgan fingerprint density at radius 2 is 1.69 bits per heavy atom. The van der Waals surface area contributed by atoms with Gasteiger partial charge >= 0.3 is 12.1 Å². The lowest BCUT2D eigenvalue weighted by atomic mass is 10.0. The molecule has 1 heterocycles. The molecule has 186 valence electrons. The van der Waals surface area contributed by atoms with Crippen LogP contribution in [0.4, 0.5) is 13.2 Å². The molecule has 1 atom stereocenters. The Hall–Kier alpha value is -3.55. The molecule has 8 heteroatoms. The van der Waals surface area contributed by atoms with E-state index in [1.54, 1.807) is 24.3 Å². The molecule has 0 aliphatic carbocycles. The molecule has 0 saturated heterocycles. The summed E-state index contributed by atoms with van der Waals surface area (Å²) in [6.45, 7) is 8.60. The summed E-state index contributed by atoms with van der Waals surface area (Å²) in [7, 11) is 0. The van der Waals surface area contributed by atoms with E-state index in [2.05, 4.69) is 4.98 Å². The van der Waals surface area contributed by atoms with Crippen LogP contribution in [0.2, 0.25) is 0 Å². The number of benzene rings is 2. The number of alkyl halides is 3. The molecule has 35 heavy (non-hydrogen) atoms. The fourth-order valence-electron chi connectivity index (χ4n) is 3.56. The molecule has 0 radical (unpaired) electrons. The summed E-state index contributed by atoms with van der Waals surface area (Å²) in [4.78, 5) is 15.9. The molecule has 2 aromatic carbocycles. The highest BCUT2D eigenvalue weighted by atomic mass is 19.4. The van der Waals surface area contributed by atoms with Gasteiger partial charge in [-0.2, -0.15) is 13.2 Å². The number of aromatic nitrogens is 1. The molecule has 1 unspecified atom stereocenters. The topological polar surface area (TPSA) is 68.7 Å². The molecule has 0 amide bonds. The standard InChI is InChI=1S/C27H28F3NO4/c1-6-23(34-20-11-14-24(16(2)15-20)35-26(4,5)25(32)33)21-12-13-22(31-17(21)3)18-7-9-19(10-8-18)27(28,29)30/h7-15,23H,6H2,1-5H3,(H,32,33). The van der Waals surface area contributed by atoms with Crippen molar-refractivity contribution in [2.24, 2.45) is 0 Å². The Bertz CT molecular complexity index is 1200. The van der Waals surface area contributed by atoms with E-state index in [4.69, 9.17) is 9.47 Å². The van der Waals surface area contributed by atoms with Crippen LogP contribution in [0, 0.1) is 13.8 Å². The maximum absolute atomic E-state index is 12.8. The molecular weight excluding hydrogens is 459 g/mol. The second-order valence-electron chi connectivity index (χ2n) is 8.81. The van der Waals surface area contributed by atoms with E-state index in [1.165, 1.54) is 26.0 Å². The summed E-state index contributed by atoms with van der Waals surface area (Å²) < 4.78 is 50.4. The zero-order chi connectivity index (χ0) is 26.0. The monoisotopic (exact) mass is 487 g/mol. The van der Waals surface area contributed by atoms with Crippen molar-refractivity contribution in [1.82, 2.24) is 4.98 Å². The summed E-state index contributed by atoms with van der Waals surface area (Å²) in [6, 6.07) is 13.8. The number of carbonyl (C=O) groups is 1. The molecule has 0 aliphatic heterocycles. The quantitative estimate of drug-likeness (QED) is 0.365. The van der Waals surface area contributed by atoms with Crippen LogP contribution in [0.25, 0.3) is 11.3 Å². The molecule has 0 bridgehead atoms. The summed E-state index contributed by atoms with van der Waals surface area (Å²) in [5.74, 6) is -0.0106. The van der Waals surface area contributed by atoms with Gasteiger partial charge in [0.15, 0.2) is 5.60 Å². The van der Waals surface area contributed by atoms with Crippen molar-refractivity contribution in [3.05, 3.63) is 77.0 Å². The van der Waals surface area contributed by atoms with Crippen molar-refractivity contribution in [2.75, 3.05) is 0 Å². The highest BCUT2D eigenvalue weighted by molar-refractivity contribution is 5.76. The van der Waals surface area contributed by atoms with E-state index in [9.17, 15) is 23.1 Å². The largest absolute Gasteiger partial charge is 0.486 e. The number of aryl methyl sites for hydroxylation is 2. The van der Waals surface area contributed by atoms with Gasteiger partial charge in [0.2, 0.25) is 0 Å². The molecule has 0 aliphatic rings. The lowest BCUT2D eigenvalue weighted by Crippen LogP contribution is -2.38. The Balaban J connectivity index is 1.79. The summed E-state index contributed by atoms with van der Waals surface area (Å²) in [5, 5.41) is 9.29. The molecule has 3 rings (SSSR count). The zero-order valence-corrected chi connectivity index (χ0v) is 20.2. The molecule has 5 nitrogen and oxygen atoms in total. The van der Waals surface area contributed by atoms with Crippen molar-refractivity contribution in [3.8, 4) is 22.8 Å². The van der Waals surface area contributed by atoms with Gasteiger partial charge in [0.05, 0.1) is 11.3 Å². The number of halogens is 3. The minimum absolute atomic E-state index is 0.300. The normalized spacial score (nSPS) is 12.8. The number of nitrogens with zero attached hydrogens (tertiary/aromatic N) is 1. The third-order valence-electron chi connectivity index (χ3n) is 5.66. The van der Waals surface area contributed by atoms with Crippen molar-refractivity contribution in [3.63, 3.8) is 0 Å². The molecule has 1 aromatic heterocycles. The fourth-order valence-corrected chi connectivity index (χ4v) is 3.56. The number of pyridine rings is 1. The van der Waals surface area contributed by atoms with Crippen LogP contribution in [0.15, 0.2) is 54.6 Å². The minimum Gasteiger partial charge on any atom is -0.486 e. The van der Waals surface area contributed by atoms with Gasteiger partial charge in [0.1, 0.15) is 17.6 Å². The Kier molecular flexibility index (Phi) is 7.43. The van der Waals surface area contributed by atoms with Gasteiger partial charge in [-0.15, -0.1) is 0 Å². The minimum atomic E-state index is -4.38. The number of hydrogen-bond donors (Lipinski definition) is 1. The third-order valence-corrected chi connectivity index (χ3v) is 5.66. The molecule has 0 fully saturated rings. The van der Waals surface area contributed by atoms with E-state index < -0.39 is 23.3 Å². The van der Waals surface area contributed by atoms with Gasteiger partial charge in [0.25, 0.3) is 0 Å². The predicted octanol–water partition coefficient (Wildman–Crippen LogP) is 7.16. The second kappa shape index (κ2) is 9.98. The van der Waals surface area contributed by atoms with Gasteiger partial charge < -0.3 is 14.6 Å². The second-order valence-corrected chi connectivity index (χ2v) is 8.81. The highest BCUT2D eigenvalue weighted by Crippen LogP contribution is 2.33. The van der Waals surface area contributed by atoms with Crippen LogP contribution in [0.5, 0.6) is 11.5 Å². The van der Waals surface area contributed by atoms with Crippen LogP contribution >= 0.6 is 0 Å². The Morgan fingerprint density at radius 3 is 2.20 bits per heavy atom.